The summed E-state index contributed by atoms with van der Waals surface area (Å²) in [6.45, 7) is 3.50. The molecule has 1 atom stereocenters. The quantitative estimate of drug-likeness (QED) is 0.817. The lowest BCUT2D eigenvalue weighted by molar-refractivity contribution is 0.247. The number of rotatable bonds is 3. The molecule has 2 rings (SSSR count). The Labute approximate surface area is 102 Å². The van der Waals surface area contributed by atoms with Crippen molar-refractivity contribution in [2.45, 2.75) is 19.1 Å². The van der Waals surface area contributed by atoms with Crippen molar-refractivity contribution in [2.24, 2.45) is 0 Å². The first-order valence-corrected chi connectivity index (χ1v) is 5.94. The van der Waals surface area contributed by atoms with Crippen LogP contribution in [0.2, 0.25) is 0 Å². The Bertz CT molecular complexity index is 398. The SMILES string of the molecule is CC(F)c1ccc(N2CC(N(C)C)C2)c(N)c1. The fourth-order valence-corrected chi connectivity index (χ4v) is 2.09. The van der Waals surface area contributed by atoms with Gasteiger partial charge in [0.2, 0.25) is 0 Å². The van der Waals surface area contributed by atoms with E-state index in [1.54, 1.807) is 6.07 Å². The van der Waals surface area contributed by atoms with Crippen molar-refractivity contribution in [2.75, 3.05) is 37.8 Å². The molecule has 4 heteroatoms. The predicted octanol–water partition coefficient (Wildman–Crippen LogP) is 2.05. The summed E-state index contributed by atoms with van der Waals surface area (Å²) in [5, 5.41) is 0. The minimum Gasteiger partial charge on any atom is -0.397 e. The van der Waals surface area contributed by atoms with Gasteiger partial charge in [-0.1, -0.05) is 6.07 Å². The van der Waals surface area contributed by atoms with Crippen LogP contribution in [0.5, 0.6) is 0 Å². The second-order valence-corrected chi connectivity index (χ2v) is 4.96. The summed E-state index contributed by atoms with van der Waals surface area (Å²) < 4.78 is 13.1. The lowest BCUT2D eigenvalue weighted by Gasteiger charge is -2.44. The summed E-state index contributed by atoms with van der Waals surface area (Å²) in [6.07, 6.45) is -0.961. The van der Waals surface area contributed by atoms with E-state index >= 15 is 0 Å². The van der Waals surface area contributed by atoms with Gasteiger partial charge in [0.15, 0.2) is 0 Å². The number of alkyl halides is 1. The number of hydrogen-bond donors (Lipinski definition) is 1. The molecule has 1 fully saturated rings. The molecule has 17 heavy (non-hydrogen) atoms. The molecule has 0 amide bonds. The van der Waals surface area contributed by atoms with Gasteiger partial charge in [-0.15, -0.1) is 0 Å². The summed E-state index contributed by atoms with van der Waals surface area (Å²) in [5.74, 6) is 0. The molecule has 1 aliphatic heterocycles. The van der Waals surface area contributed by atoms with E-state index < -0.39 is 6.17 Å². The Morgan fingerprint density at radius 2 is 2.06 bits per heavy atom. The number of nitrogens with zero attached hydrogens (tertiary/aromatic N) is 2. The van der Waals surface area contributed by atoms with Crippen LogP contribution in [0, 0.1) is 0 Å². The van der Waals surface area contributed by atoms with Crippen LogP contribution in [0.4, 0.5) is 15.8 Å². The van der Waals surface area contributed by atoms with Gasteiger partial charge in [-0.05, 0) is 38.7 Å². The van der Waals surface area contributed by atoms with Crippen LogP contribution in [0.3, 0.4) is 0 Å². The zero-order chi connectivity index (χ0) is 12.6. The summed E-state index contributed by atoms with van der Waals surface area (Å²) in [7, 11) is 4.17. The number of likely N-dealkylation sites (N-methyl/N-ethyl adjacent to an activating group) is 1. The maximum absolute atomic E-state index is 13.1. The van der Waals surface area contributed by atoms with E-state index in [1.807, 2.05) is 12.1 Å². The van der Waals surface area contributed by atoms with Gasteiger partial charge in [-0.2, -0.15) is 0 Å². The third-order valence-electron chi connectivity index (χ3n) is 3.44. The van der Waals surface area contributed by atoms with Crippen LogP contribution in [0.1, 0.15) is 18.7 Å². The average molecular weight is 237 g/mol. The van der Waals surface area contributed by atoms with Crippen molar-refractivity contribution in [1.82, 2.24) is 4.90 Å². The predicted molar refractivity (Wildman–Crippen MR) is 70.1 cm³/mol. The van der Waals surface area contributed by atoms with Gasteiger partial charge in [0.1, 0.15) is 6.17 Å². The first-order chi connectivity index (χ1) is 7.99. The van der Waals surface area contributed by atoms with Crippen molar-refractivity contribution >= 4 is 11.4 Å². The van der Waals surface area contributed by atoms with Crippen LogP contribution < -0.4 is 10.6 Å². The molecular weight excluding hydrogens is 217 g/mol. The van der Waals surface area contributed by atoms with Gasteiger partial charge in [0, 0.05) is 19.1 Å². The van der Waals surface area contributed by atoms with Crippen LogP contribution in [0.15, 0.2) is 18.2 Å². The Kier molecular flexibility index (Phi) is 3.24. The molecule has 0 bridgehead atoms. The Hall–Kier alpha value is -1.29. The van der Waals surface area contributed by atoms with Gasteiger partial charge in [-0.25, -0.2) is 4.39 Å². The fraction of sp³-hybridized carbons (Fsp3) is 0.538. The highest BCUT2D eigenvalue weighted by molar-refractivity contribution is 5.70. The molecule has 0 aromatic heterocycles. The Morgan fingerprint density at radius 3 is 2.53 bits per heavy atom. The lowest BCUT2D eigenvalue weighted by Crippen LogP contribution is -2.57. The first kappa shape index (κ1) is 12.2. The summed E-state index contributed by atoms with van der Waals surface area (Å²) in [4.78, 5) is 4.44. The molecule has 0 aliphatic carbocycles. The number of hydrogen-bond acceptors (Lipinski definition) is 3. The van der Waals surface area contributed by atoms with Crippen LogP contribution in [-0.4, -0.2) is 38.1 Å². The number of nitrogen functional groups attached to an aromatic ring is 1. The fourth-order valence-electron chi connectivity index (χ4n) is 2.09. The number of halogens is 1. The standard InChI is InChI=1S/C13H20FN3/c1-9(14)10-4-5-13(12(15)6-10)17-7-11(8-17)16(2)3/h4-6,9,11H,7-8,15H2,1-3H3. The summed E-state index contributed by atoms with van der Waals surface area (Å²) >= 11 is 0. The highest BCUT2D eigenvalue weighted by Gasteiger charge is 2.29. The van der Waals surface area contributed by atoms with E-state index in [2.05, 4.69) is 23.9 Å². The zero-order valence-electron chi connectivity index (χ0n) is 10.7. The van der Waals surface area contributed by atoms with Crippen molar-refractivity contribution in [3.8, 4) is 0 Å². The smallest absolute Gasteiger partial charge is 0.122 e. The summed E-state index contributed by atoms with van der Waals surface area (Å²) in [5.41, 5.74) is 8.31. The monoisotopic (exact) mass is 237 g/mol. The minimum atomic E-state index is -0.961. The van der Waals surface area contributed by atoms with Gasteiger partial charge in [-0.3, -0.25) is 0 Å². The first-order valence-electron chi connectivity index (χ1n) is 5.94. The molecule has 1 unspecified atom stereocenters. The van der Waals surface area contributed by atoms with Gasteiger partial charge in [0.05, 0.1) is 11.4 Å². The number of anilines is 2. The van der Waals surface area contributed by atoms with Crippen molar-refractivity contribution in [3.63, 3.8) is 0 Å². The molecule has 94 valence electrons. The molecule has 3 nitrogen and oxygen atoms in total. The van der Waals surface area contributed by atoms with Crippen molar-refractivity contribution in [1.29, 1.82) is 0 Å². The molecule has 0 radical (unpaired) electrons. The molecule has 1 saturated heterocycles. The van der Waals surface area contributed by atoms with Crippen LogP contribution in [0.25, 0.3) is 0 Å². The minimum absolute atomic E-state index is 0.592. The van der Waals surface area contributed by atoms with E-state index in [0.717, 1.165) is 18.8 Å². The highest BCUT2D eigenvalue weighted by Crippen LogP contribution is 2.31. The average Bonchev–Trinajstić information content (AvgIpc) is 2.17. The van der Waals surface area contributed by atoms with Gasteiger partial charge in [0.25, 0.3) is 0 Å². The molecule has 1 aromatic rings. The molecule has 0 spiro atoms. The van der Waals surface area contributed by atoms with E-state index in [1.165, 1.54) is 6.92 Å². The zero-order valence-corrected chi connectivity index (χ0v) is 10.7. The maximum atomic E-state index is 13.1. The summed E-state index contributed by atoms with van der Waals surface area (Å²) in [6, 6.07) is 6.07. The van der Waals surface area contributed by atoms with Crippen LogP contribution in [-0.2, 0) is 0 Å². The second-order valence-electron chi connectivity index (χ2n) is 4.96. The van der Waals surface area contributed by atoms with Gasteiger partial charge < -0.3 is 15.5 Å². The largest absolute Gasteiger partial charge is 0.397 e. The van der Waals surface area contributed by atoms with Crippen molar-refractivity contribution < 1.29 is 4.39 Å². The van der Waals surface area contributed by atoms with Crippen LogP contribution >= 0.6 is 0 Å². The lowest BCUT2D eigenvalue weighted by atomic mass is 10.0. The topological polar surface area (TPSA) is 32.5 Å². The normalized spacial score (nSPS) is 18.3. The third-order valence-corrected chi connectivity index (χ3v) is 3.44. The number of nitrogens with two attached hydrogens (primary N) is 1. The molecule has 1 aliphatic rings. The molecule has 1 aromatic carbocycles. The van der Waals surface area contributed by atoms with Crippen molar-refractivity contribution in [3.05, 3.63) is 23.8 Å². The second kappa shape index (κ2) is 4.53. The molecular formula is C13H20FN3. The van der Waals surface area contributed by atoms with Gasteiger partial charge >= 0.3 is 0 Å². The van der Waals surface area contributed by atoms with E-state index in [9.17, 15) is 4.39 Å². The van der Waals surface area contributed by atoms with E-state index in [4.69, 9.17) is 5.73 Å². The van der Waals surface area contributed by atoms with E-state index in [0.29, 0.717) is 17.3 Å². The highest BCUT2D eigenvalue weighted by atomic mass is 19.1. The maximum Gasteiger partial charge on any atom is 0.122 e. The molecule has 0 saturated carbocycles. The molecule has 2 N–H and O–H groups in total. The Morgan fingerprint density at radius 1 is 1.41 bits per heavy atom. The van der Waals surface area contributed by atoms with E-state index in [-0.39, 0.29) is 0 Å². The molecule has 1 heterocycles. The Balaban J connectivity index is 2.09. The number of benzene rings is 1. The third kappa shape index (κ3) is 2.36.